The molecule has 0 bridgehead atoms. The van der Waals surface area contributed by atoms with E-state index in [9.17, 15) is 9.59 Å². The fourth-order valence-corrected chi connectivity index (χ4v) is 5.05. The van der Waals surface area contributed by atoms with E-state index in [1.54, 1.807) is 24.0 Å². The van der Waals surface area contributed by atoms with Crippen molar-refractivity contribution in [3.8, 4) is 11.5 Å². The SMILES string of the molecule is COc1cc2ncnc(Nc3ccc4c(c3)CCN4C(=O)CN3Cc4ccccc4C3=O)c2cc1OC. The summed E-state index contributed by atoms with van der Waals surface area (Å²) in [5, 5.41) is 4.18. The second-order valence-corrected chi connectivity index (χ2v) is 9.03. The summed E-state index contributed by atoms with van der Waals surface area (Å²) in [6.45, 7) is 1.11. The van der Waals surface area contributed by atoms with Crippen molar-refractivity contribution in [2.24, 2.45) is 0 Å². The van der Waals surface area contributed by atoms with Gasteiger partial charge >= 0.3 is 0 Å². The molecule has 0 saturated carbocycles. The number of carbonyl (C=O) groups is 2. The number of anilines is 3. The first-order valence-electron chi connectivity index (χ1n) is 12.0. The van der Waals surface area contributed by atoms with Crippen LogP contribution in [0.1, 0.15) is 21.5 Å². The highest BCUT2D eigenvalue weighted by atomic mass is 16.5. The van der Waals surface area contributed by atoms with Gasteiger partial charge in [0.15, 0.2) is 11.5 Å². The lowest BCUT2D eigenvalue weighted by Crippen LogP contribution is -2.39. The van der Waals surface area contributed by atoms with Crippen LogP contribution in [0.3, 0.4) is 0 Å². The Morgan fingerprint density at radius 2 is 1.81 bits per heavy atom. The zero-order valence-corrected chi connectivity index (χ0v) is 20.5. The summed E-state index contributed by atoms with van der Waals surface area (Å²) in [4.78, 5) is 38.0. The van der Waals surface area contributed by atoms with Gasteiger partial charge in [0.25, 0.3) is 5.91 Å². The minimum Gasteiger partial charge on any atom is -0.493 e. The lowest BCUT2D eigenvalue weighted by Gasteiger charge is -2.22. The Morgan fingerprint density at radius 1 is 1.00 bits per heavy atom. The van der Waals surface area contributed by atoms with Crippen molar-refractivity contribution in [1.29, 1.82) is 0 Å². The maximum absolute atomic E-state index is 13.2. The average molecular weight is 496 g/mol. The lowest BCUT2D eigenvalue weighted by molar-refractivity contribution is -0.119. The lowest BCUT2D eigenvalue weighted by atomic mass is 10.1. The van der Waals surface area contributed by atoms with Gasteiger partial charge in [-0.05, 0) is 47.9 Å². The van der Waals surface area contributed by atoms with Crippen LogP contribution in [0.5, 0.6) is 11.5 Å². The zero-order valence-electron chi connectivity index (χ0n) is 20.5. The topological polar surface area (TPSA) is 96.9 Å². The summed E-state index contributed by atoms with van der Waals surface area (Å²) in [5.41, 5.74) is 5.16. The maximum Gasteiger partial charge on any atom is 0.254 e. The number of rotatable bonds is 6. The Morgan fingerprint density at radius 3 is 2.62 bits per heavy atom. The summed E-state index contributed by atoms with van der Waals surface area (Å²) in [6.07, 6.45) is 2.24. The third-order valence-electron chi connectivity index (χ3n) is 6.90. The van der Waals surface area contributed by atoms with Crippen molar-refractivity contribution >= 4 is 39.9 Å². The van der Waals surface area contributed by atoms with Gasteiger partial charge in [0.2, 0.25) is 5.91 Å². The number of nitrogens with zero attached hydrogens (tertiary/aromatic N) is 4. The Hall–Kier alpha value is -4.66. The normalized spacial score (nSPS) is 14.1. The molecule has 0 radical (unpaired) electrons. The number of benzene rings is 3. The largest absolute Gasteiger partial charge is 0.493 e. The molecule has 37 heavy (non-hydrogen) atoms. The van der Waals surface area contributed by atoms with E-state index in [4.69, 9.17) is 9.47 Å². The molecule has 1 aromatic heterocycles. The van der Waals surface area contributed by atoms with Crippen LogP contribution in [0.4, 0.5) is 17.2 Å². The van der Waals surface area contributed by atoms with Gasteiger partial charge in [-0.3, -0.25) is 9.59 Å². The van der Waals surface area contributed by atoms with Crippen LogP contribution in [0.2, 0.25) is 0 Å². The Labute approximate surface area is 213 Å². The third-order valence-corrected chi connectivity index (χ3v) is 6.90. The number of amides is 2. The third kappa shape index (κ3) is 3.98. The van der Waals surface area contributed by atoms with Gasteiger partial charge in [-0.25, -0.2) is 9.97 Å². The van der Waals surface area contributed by atoms with Crippen molar-refractivity contribution in [3.05, 3.63) is 77.6 Å². The summed E-state index contributed by atoms with van der Waals surface area (Å²) in [6, 6.07) is 17.1. The second-order valence-electron chi connectivity index (χ2n) is 9.03. The standard InChI is InChI=1S/C28H25N5O4/c1-36-24-12-21-22(13-25(24)37-2)29-16-30-27(21)31-19-7-8-23-17(11-19)9-10-33(23)26(34)15-32-14-18-5-3-4-6-20(18)28(32)35/h3-8,11-13,16H,9-10,14-15H2,1-2H3,(H,29,30,31). The molecule has 2 aliphatic heterocycles. The average Bonchev–Trinajstić information content (AvgIpc) is 3.48. The van der Waals surface area contributed by atoms with Crippen LogP contribution in [-0.4, -0.2) is 54.0 Å². The van der Waals surface area contributed by atoms with E-state index in [2.05, 4.69) is 15.3 Å². The number of nitrogens with one attached hydrogen (secondary N) is 1. The molecule has 0 spiro atoms. The molecule has 2 amide bonds. The molecule has 3 heterocycles. The summed E-state index contributed by atoms with van der Waals surface area (Å²) < 4.78 is 10.8. The van der Waals surface area contributed by atoms with E-state index < -0.39 is 0 Å². The second kappa shape index (κ2) is 9.09. The van der Waals surface area contributed by atoms with Gasteiger partial charge in [-0.2, -0.15) is 0 Å². The van der Waals surface area contributed by atoms with Crippen LogP contribution in [-0.2, 0) is 17.8 Å². The van der Waals surface area contributed by atoms with Crippen molar-refractivity contribution < 1.29 is 19.1 Å². The van der Waals surface area contributed by atoms with E-state index >= 15 is 0 Å². The van der Waals surface area contributed by atoms with Crippen LogP contribution >= 0.6 is 0 Å². The van der Waals surface area contributed by atoms with Crippen LogP contribution < -0.4 is 19.7 Å². The molecule has 6 rings (SSSR count). The number of methoxy groups -OCH3 is 2. The van der Waals surface area contributed by atoms with Gasteiger partial charge in [0, 0.05) is 41.5 Å². The molecule has 0 aliphatic carbocycles. The molecule has 9 heteroatoms. The maximum atomic E-state index is 13.2. The number of fused-ring (bicyclic) bond motifs is 3. The molecular formula is C28H25N5O4. The van der Waals surface area contributed by atoms with Crippen molar-refractivity contribution in [1.82, 2.24) is 14.9 Å². The molecule has 1 N–H and O–H groups in total. The monoisotopic (exact) mass is 495 g/mol. The molecule has 9 nitrogen and oxygen atoms in total. The number of carbonyl (C=O) groups excluding carboxylic acids is 2. The molecule has 2 aliphatic rings. The van der Waals surface area contributed by atoms with Crippen molar-refractivity contribution in [3.63, 3.8) is 0 Å². The van der Waals surface area contributed by atoms with Crippen molar-refractivity contribution in [2.45, 2.75) is 13.0 Å². The molecular weight excluding hydrogens is 470 g/mol. The minimum absolute atomic E-state index is 0.0607. The number of aromatic nitrogens is 2. The molecule has 4 aromatic rings. The molecule has 0 atom stereocenters. The molecule has 0 saturated heterocycles. The minimum atomic E-state index is -0.0887. The molecule has 0 unspecified atom stereocenters. The number of ether oxygens (including phenoxy) is 2. The Kier molecular flexibility index (Phi) is 5.60. The van der Waals surface area contributed by atoms with Gasteiger partial charge in [-0.15, -0.1) is 0 Å². The Bertz CT molecular complexity index is 1550. The number of hydrogen-bond donors (Lipinski definition) is 1. The van der Waals surface area contributed by atoms with E-state index in [0.29, 0.717) is 36.0 Å². The molecule has 3 aromatic carbocycles. The van der Waals surface area contributed by atoms with Crippen LogP contribution in [0, 0.1) is 0 Å². The molecule has 186 valence electrons. The predicted octanol–water partition coefficient (Wildman–Crippen LogP) is 3.94. The quantitative estimate of drug-likeness (QED) is 0.433. The number of hydrogen-bond acceptors (Lipinski definition) is 7. The smallest absolute Gasteiger partial charge is 0.254 e. The van der Waals surface area contributed by atoms with E-state index in [-0.39, 0.29) is 18.4 Å². The van der Waals surface area contributed by atoms with Crippen molar-refractivity contribution in [2.75, 3.05) is 37.5 Å². The van der Waals surface area contributed by atoms with E-state index in [0.717, 1.165) is 39.8 Å². The first-order valence-corrected chi connectivity index (χ1v) is 12.0. The highest BCUT2D eigenvalue weighted by Crippen LogP contribution is 2.36. The van der Waals surface area contributed by atoms with E-state index in [1.165, 1.54) is 6.33 Å². The molecule has 0 fully saturated rings. The zero-order chi connectivity index (χ0) is 25.5. The summed E-state index contributed by atoms with van der Waals surface area (Å²) >= 11 is 0. The Balaban J connectivity index is 1.20. The van der Waals surface area contributed by atoms with Gasteiger partial charge < -0.3 is 24.6 Å². The highest BCUT2D eigenvalue weighted by Gasteiger charge is 2.32. The van der Waals surface area contributed by atoms with Crippen LogP contribution in [0.15, 0.2) is 60.9 Å². The predicted molar refractivity (Wildman–Crippen MR) is 140 cm³/mol. The fourth-order valence-electron chi connectivity index (χ4n) is 5.05. The van der Waals surface area contributed by atoms with Gasteiger partial charge in [-0.1, -0.05) is 18.2 Å². The van der Waals surface area contributed by atoms with Gasteiger partial charge in [0.05, 0.1) is 19.7 Å². The first-order chi connectivity index (χ1) is 18.1. The summed E-state index contributed by atoms with van der Waals surface area (Å²) in [5.74, 6) is 1.67. The summed E-state index contributed by atoms with van der Waals surface area (Å²) in [7, 11) is 3.18. The van der Waals surface area contributed by atoms with Gasteiger partial charge in [0.1, 0.15) is 18.7 Å². The van der Waals surface area contributed by atoms with Crippen LogP contribution in [0.25, 0.3) is 10.9 Å². The highest BCUT2D eigenvalue weighted by molar-refractivity contribution is 6.03. The fraction of sp³-hybridized carbons (Fsp3) is 0.214. The van der Waals surface area contributed by atoms with E-state index in [1.807, 2.05) is 54.6 Å². The first kappa shape index (κ1) is 22.8.